The van der Waals surface area contributed by atoms with Crippen LogP contribution in [0.3, 0.4) is 0 Å². The van der Waals surface area contributed by atoms with Crippen LogP contribution in [-0.4, -0.2) is 89.4 Å². The van der Waals surface area contributed by atoms with Crippen LogP contribution in [-0.2, 0) is 14.3 Å². The molecule has 3 saturated heterocycles. The number of hydrogen-bond acceptors (Lipinski definition) is 9. The number of halogens is 2. The van der Waals surface area contributed by atoms with E-state index in [0.717, 1.165) is 19.4 Å². The van der Waals surface area contributed by atoms with E-state index in [4.69, 9.17) is 20.4 Å². The Kier molecular flexibility index (Phi) is 8.16. The van der Waals surface area contributed by atoms with E-state index in [-0.39, 0.29) is 23.8 Å². The molecule has 14 heteroatoms. The molecule has 0 radical (unpaired) electrons. The lowest BCUT2D eigenvalue weighted by Crippen LogP contribution is -2.55. The number of nitrogens with zero attached hydrogens (tertiary/aromatic N) is 6. The van der Waals surface area contributed by atoms with Crippen molar-refractivity contribution >= 4 is 34.5 Å². The van der Waals surface area contributed by atoms with E-state index < -0.39 is 24.2 Å². The third-order valence-corrected chi connectivity index (χ3v) is 8.32. The van der Waals surface area contributed by atoms with Crippen molar-refractivity contribution < 1.29 is 23.1 Å². The zero-order chi connectivity index (χ0) is 29.2. The first kappa shape index (κ1) is 28.2. The van der Waals surface area contributed by atoms with Gasteiger partial charge < -0.3 is 30.9 Å². The minimum atomic E-state index is -2.83. The molecule has 3 fully saturated rings. The molecule has 0 spiro atoms. The molecule has 3 aromatic rings. The number of hydrogen-bond donors (Lipinski definition) is 3. The molecule has 6 rings (SSSR count). The Hall–Kier alpha value is -3.91. The summed E-state index contributed by atoms with van der Waals surface area (Å²) in [6, 6.07) is 7.73. The van der Waals surface area contributed by atoms with Gasteiger partial charge in [0.05, 0.1) is 30.3 Å². The first-order valence-electron chi connectivity index (χ1n) is 14.4. The van der Waals surface area contributed by atoms with E-state index in [1.807, 2.05) is 6.07 Å². The molecule has 0 bridgehead atoms. The third-order valence-electron chi connectivity index (χ3n) is 8.32. The number of imidazole rings is 1. The van der Waals surface area contributed by atoms with E-state index in [9.17, 15) is 18.4 Å². The second kappa shape index (κ2) is 12.1. The van der Waals surface area contributed by atoms with Crippen LogP contribution in [0, 0.1) is 5.92 Å². The Bertz CT molecular complexity index is 1430. The molecule has 2 aromatic heterocycles. The standard InChI is InChI=1S/C28H35F2N9O3/c29-24(30)26-33-18-4-1-2-6-20(18)39(26)28-34-21(16-22(35-28)38-12-14-42-15-13-38)37-10-7-17(8-11-37)23(25(31)40)36-27(41)19-5-3-9-32-19/h1-2,4,6,16-17,19,23-24,32H,3,5,7-15H2,(H2,31,40)(H,36,41)/t19-,23?/m0/s1. The summed E-state index contributed by atoms with van der Waals surface area (Å²) in [7, 11) is 0. The molecular formula is C28H35F2N9O3. The summed E-state index contributed by atoms with van der Waals surface area (Å²) in [4.78, 5) is 42.9. The number of anilines is 2. The van der Waals surface area contributed by atoms with Crippen molar-refractivity contribution in [1.82, 2.24) is 30.2 Å². The second-order valence-electron chi connectivity index (χ2n) is 10.9. The molecule has 1 aromatic carbocycles. The molecule has 1 unspecified atom stereocenters. The maximum atomic E-state index is 14.2. The van der Waals surface area contributed by atoms with Gasteiger partial charge in [0.25, 0.3) is 6.43 Å². The van der Waals surface area contributed by atoms with E-state index in [2.05, 4.69) is 25.4 Å². The van der Waals surface area contributed by atoms with Gasteiger partial charge >= 0.3 is 0 Å². The van der Waals surface area contributed by atoms with Gasteiger partial charge in [0.15, 0.2) is 5.82 Å². The number of benzene rings is 1. The highest BCUT2D eigenvalue weighted by Crippen LogP contribution is 2.31. The maximum absolute atomic E-state index is 14.2. The number of nitrogens with two attached hydrogens (primary N) is 1. The largest absolute Gasteiger partial charge is 0.378 e. The molecule has 0 saturated carbocycles. The summed E-state index contributed by atoms with van der Waals surface area (Å²) < 4.78 is 35.2. The molecule has 2 atom stereocenters. The molecule has 12 nitrogen and oxygen atoms in total. The van der Waals surface area contributed by atoms with E-state index in [0.29, 0.717) is 74.9 Å². The second-order valence-corrected chi connectivity index (χ2v) is 10.9. The predicted molar refractivity (Wildman–Crippen MR) is 152 cm³/mol. The lowest BCUT2D eigenvalue weighted by molar-refractivity contribution is -0.129. The van der Waals surface area contributed by atoms with Crippen molar-refractivity contribution in [3.05, 3.63) is 36.2 Å². The van der Waals surface area contributed by atoms with Crippen LogP contribution >= 0.6 is 0 Å². The average molecular weight is 584 g/mol. The number of ether oxygens (including phenoxy) is 1. The molecule has 0 aliphatic carbocycles. The zero-order valence-corrected chi connectivity index (χ0v) is 23.2. The van der Waals surface area contributed by atoms with Crippen molar-refractivity contribution in [2.24, 2.45) is 11.7 Å². The van der Waals surface area contributed by atoms with Crippen LogP contribution in [0.2, 0.25) is 0 Å². The fourth-order valence-corrected chi connectivity index (χ4v) is 6.07. The van der Waals surface area contributed by atoms with Crippen LogP contribution in [0.5, 0.6) is 0 Å². The van der Waals surface area contributed by atoms with Gasteiger partial charge in [-0.05, 0) is 50.3 Å². The number of para-hydroxylation sites is 2. The highest BCUT2D eigenvalue weighted by molar-refractivity contribution is 5.89. The topological polar surface area (TPSA) is 144 Å². The van der Waals surface area contributed by atoms with E-state index >= 15 is 0 Å². The fraction of sp³-hybridized carbons (Fsp3) is 0.536. The highest BCUT2D eigenvalue weighted by Gasteiger charge is 2.34. The monoisotopic (exact) mass is 583 g/mol. The average Bonchev–Trinajstić information content (AvgIpc) is 3.69. The van der Waals surface area contributed by atoms with Gasteiger partial charge in [0.1, 0.15) is 17.7 Å². The Morgan fingerprint density at radius 1 is 1.00 bits per heavy atom. The van der Waals surface area contributed by atoms with Gasteiger partial charge in [-0.1, -0.05) is 12.1 Å². The lowest BCUT2D eigenvalue weighted by atomic mass is 9.88. The number of amides is 2. The Morgan fingerprint density at radius 3 is 2.33 bits per heavy atom. The van der Waals surface area contributed by atoms with Crippen LogP contribution < -0.4 is 26.2 Å². The minimum absolute atomic E-state index is 0.117. The van der Waals surface area contributed by atoms with Crippen molar-refractivity contribution in [2.75, 3.05) is 55.7 Å². The van der Waals surface area contributed by atoms with E-state index in [1.54, 1.807) is 24.3 Å². The molecular weight excluding hydrogens is 548 g/mol. The molecule has 4 N–H and O–H groups in total. The third kappa shape index (κ3) is 5.73. The first-order valence-corrected chi connectivity index (χ1v) is 14.4. The Labute approximate surface area is 241 Å². The first-order chi connectivity index (χ1) is 20.4. The number of alkyl halides is 2. The minimum Gasteiger partial charge on any atom is -0.378 e. The molecule has 3 aliphatic heterocycles. The molecule has 224 valence electrons. The van der Waals surface area contributed by atoms with Gasteiger partial charge in [-0.25, -0.2) is 13.8 Å². The maximum Gasteiger partial charge on any atom is 0.296 e. The Balaban J connectivity index is 1.28. The fourth-order valence-electron chi connectivity index (χ4n) is 6.07. The quantitative estimate of drug-likeness (QED) is 0.360. The van der Waals surface area contributed by atoms with Crippen LogP contribution in [0.1, 0.15) is 37.9 Å². The Morgan fingerprint density at radius 2 is 1.69 bits per heavy atom. The highest BCUT2D eigenvalue weighted by atomic mass is 19.3. The summed E-state index contributed by atoms with van der Waals surface area (Å²) in [5.41, 5.74) is 6.65. The molecule has 42 heavy (non-hydrogen) atoms. The predicted octanol–water partition coefficient (Wildman–Crippen LogP) is 1.53. The summed E-state index contributed by atoms with van der Waals surface area (Å²) in [5.74, 6) is 0.0230. The van der Waals surface area contributed by atoms with E-state index in [1.165, 1.54) is 4.57 Å². The summed E-state index contributed by atoms with van der Waals surface area (Å²) in [6.45, 7) is 4.15. The van der Waals surface area contributed by atoms with Gasteiger partial charge in [-0.3, -0.25) is 14.2 Å². The van der Waals surface area contributed by atoms with Crippen molar-refractivity contribution in [3.63, 3.8) is 0 Å². The summed E-state index contributed by atoms with van der Waals surface area (Å²) >= 11 is 0. The number of aromatic nitrogens is 4. The number of primary amides is 1. The van der Waals surface area contributed by atoms with Crippen molar-refractivity contribution in [2.45, 2.75) is 44.2 Å². The molecule has 5 heterocycles. The number of morpholine rings is 1. The molecule has 2 amide bonds. The summed E-state index contributed by atoms with van der Waals surface area (Å²) in [6.07, 6.45) is 0.00556. The van der Waals surface area contributed by atoms with Crippen LogP contribution in [0.4, 0.5) is 20.4 Å². The number of carbonyl (C=O) groups excluding carboxylic acids is 2. The number of piperidine rings is 1. The number of rotatable bonds is 8. The number of fused-ring (bicyclic) bond motifs is 1. The van der Waals surface area contributed by atoms with Gasteiger partial charge in [-0.2, -0.15) is 9.97 Å². The smallest absolute Gasteiger partial charge is 0.296 e. The van der Waals surface area contributed by atoms with Crippen LogP contribution in [0.25, 0.3) is 17.0 Å². The lowest BCUT2D eigenvalue weighted by Gasteiger charge is -2.36. The van der Waals surface area contributed by atoms with Gasteiger partial charge in [0.2, 0.25) is 17.8 Å². The van der Waals surface area contributed by atoms with Crippen LogP contribution in [0.15, 0.2) is 30.3 Å². The SMILES string of the molecule is NC(=O)C(NC(=O)[C@@H]1CCCN1)C1CCN(c2cc(N3CCOCC3)nc(-n3c(C(F)F)nc4ccccc43)n2)CC1. The number of carbonyl (C=O) groups is 2. The van der Waals surface area contributed by atoms with Crippen molar-refractivity contribution in [1.29, 1.82) is 0 Å². The van der Waals surface area contributed by atoms with Gasteiger partial charge in [-0.15, -0.1) is 0 Å². The van der Waals surface area contributed by atoms with Gasteiger partial charge in [0, 0.05) is 32.2 Å². The number of nitrogens with one attached hydrogen (secondary N) is 2. The van der Waals surface area contributed by atoms with Crippen molar-refractivity contribution in [3.8, 4) is 5.95 Å². The zero-order valence-electron chi connectivity index (χ0n) is 23.2. The summed E-state index contributed by atoms with van der Waals surface area (Å²) in [5, 5.41) is 6.03. The normalized spacial score (nSPS) is 20.8. The molecule has 3 aliphatic rings.